The van der Waals surface area contributed by atoms with Crippen molar-refractivity contribution in [1.29, 1.82) is 0 Å². The molecule has 4 unspecified atom stereocenters. The molecule has 0 aromatic rings. The Balaban J connectivity index is 0.000000980. The van der Waals surface area contributed by atoms with Gasteiger partial charge in [-0.1, -0.05) is 0 Å². The molecule has 2 saturated heterocycles. The van der Waals surface area contributed by atoms with E-state index in [-0.39, 0.29) is 115 Å². The molecule has 0 amide bonds. The van der Waals surface area contributed by atoms with E-state index in [1.54, 1.807) is 0 Å². The number of carboxylic acid groups (broad SMARTS) is 2. The fraction of sp³-hybridized carbons (Fsp3) is 0.750. The monoisotopic (exact) mass is 264 g/mol. The van der Waals surface area contributed by atoms with Gasteiger partial charge >= 0.3 is 115 Å². The first-order chi connectivity index (χ1) is 6.11. The normalized spacial score (nSPS) is 36.5. The van der Waals surface area contributed by atoms with E-state index in [9.17, 15) is 9.59 Å². The van der Waals surface area contributed by atoms with Crippen LogP contribution >= 0.6 is 0 Å². The number of rotatable bonds is 2. The molecule has 4 atom stereocenters. The summed E-state index contributed by atoms with van der Waals surface area (Å²) in [7, 11) is 0. The molecule has 0 radical (unpaired) electrons. The zero-order chi connectivity index (χ0) is 9.59. The van der Waals surface area contributed by atoms with Gasteiger partial charge in [0.25, 0.3) is 0 Å². The third-order valence-corrected chi connectivity index (χ3v) is 2.84. The third-order valence-electron chi connectivity index (χ3n) is 2.84. The topological polar surface area (TPSA) is 83.8 Å². The van der Waals surface area contributed by atoms with E-state index in [0.29, 0.717) is 12.8 Å². The van der Waals surface area contributed by atoms with Crippen LogP contribution < -0.4 is 103 Å². The molecule has 72 valence electrons. The Morgan fingerprint density at radius 2 is 1.27 bits per heavy atom. The van der Waals surface area contributed by atoms with Crippen molar-refractivity contribution in [1.82, 2.24) is 0 Å². The number of hydrogen-bond donors (Lipinski definition) is 2. The van der Waals surface area contributed by atoms with Crippen molar-refractivity contribution >= 4 is 11.9 Å². The zero-order valence-corrected chi connectivity index (χ0v) is 15.1. The fourth-order valence-electron chi connectivity index (χ4n) is 2.31. The summed E-state index contributed by atoms with van der Waals surface area (Å²) in [6.45, 7) is 0. The predicted molar refractivity (Wildman–Crippen MR) is 40.1 cm³/mol. The van der Waals surface area contributed by atoms with Crippen molar-refractivity contribution in [2.75, 3.05) is 0 Å². The van der Waals surface area contributed by atoms with Gasteiger partial charge in [0.1, 0.15) is 0 Å². The molecule has 2 heterocycles. The van der Waals surface area contributed by atoms with Gasteiger partial charge in [-0.05, 0) is 12.8 Å². The Morgan fingerprint density at radius 3 is 1.53 bits per heavy atom. The molecule has 2 aliphatic rings. The summed E-state index contributed by atoms with van der Waals surface area (Å²) in [6.07, 6.45) is 0.573. The molecule has 2 aliphatic heterocycles. The van der Waals surface area contributed by atoms with Crippen LogP contribution in [0.15, 0.2) is 0 Å². The van der Waals surface area contributed by atoms with Gasteiger partial charge in [0, 0.05) is 0 Å². The third kappa shape index (κ3) is 3.34. The summed E-state index contributed by atoms with van der Waals surface area (Å²) in [6, 6.07) is 0. The number of carbonyl (C=O) groups is 2. The second kappa shape index (κ2) is 6.93. The van der Waals surface area contributed by atoms with Gasteiger partial charge < -0.3 is 14.9 Å². The minimum Gasteiger partial charge on any atom is -0.481 e. The molecule has 0 aromatic carbocycles. The van der Waals surface area contributed by atoms with Crippen molar-refractivity contribution in [2.24, 2.45) is 11.8 Å². The minimum absolute atomic E-state index is 0. The zero-order valence-electron chi connectivity index (χ0n) is 8.84. The molecule has 0 saturated carbocycles. The SMILES string of the molecule is O=C(O)C1C2CCC(O2)C1C(=O)O.[K+].[K+]. The van der Waals surface area contributed by atoms with Crippen molar-refractivity contribution in [3.05, 3.63) is 0 Å². The van der Waals surface area contributed by atoms with Crippen LogP contribution in [0.1, 0.15) is 12.8 Å². The number of fused-ring (bicyclic) bond motifs is 2. The predicted octanol–water partition coefficient (Wildman–Crippen LogP) is -6.04. The summed E-state index contributed by atoms with van der Waals surface area (Å²) in [5.41, 5.74) is 0. The molecule has 15 heavy (non-hydrogen) atoms. The molecule has 7 heteroatoms. The standard InChI is InChI=1S/C8H10O5.2K/c9-7(10)5-3-1-2-4(13-3)6(5)8(11)12;;/h3-6H,1-2H2,(H,9,10)(H,11,12);;/q;2*+1. The summed E-state index contributed by atoms with van der Waals surface area (Å²) in [4.78, 5) is 21.5. The van der Waals surface area contributed by atoms with Crippen LogP contribution in [0.25, 0.3) is 0 Å². The Morgan fingerprint density at radius 1 is 0.933 bits per heavy atom. The molecule has 0 aliphatic carbocycles. The smallest absolute Gasteiger partial charge is 0.481 e. The molecule has 2 rings (SSSR count). The number of carboxylic acids is 2. The molecule has 5 nitrogen and oxygen atoms in total. The van der Waals surface area contributed by atoms with E-state index >= 15 is 0 Å². The van der Waals surface area contributed by atoms with E-state index < -0.39 is 23.8 Å². The van der Waals surface area contributed by atoms with Crippen LogP contribution in [0.2, 0.25) is 0 Å². The molecule has 0 spiro atoms. The summed E-state index contributed by atoms with van der Waals surface area (Å²) >= 11 is 0. The Bertz CT molecular complexity index is 244. The van der Waals surface area contributed by atoms with Crippen LogP contribution in [-0.4, -0.2) is 34.4 Å². The maximum absolute atomic E-state index is 10.8. The van der Waals surface area contributed by atoms with Crippen LogP contribution in [0.3, 0.4) is 0 Å². The second-order valence-electron chi connectivity index (χ2n) is 3.52. The summed E-state index contributed by atoms with van der Waals surface area (Å²) < 4.78 is 5.26. The van der Waals surface area contributed by atoms with Gasteiger partial charge in [-0.2, -0.15) is 0 Å². The van der Waals surface area contributed by atoms with Gasteiger partial charge in [-0.25, -0.2) is 0 Å². The number of aliphatic carboxylic acids is 2. The van der Waals surface area contributed by atoms with Gasteiger partial charge in [-0.3, -0.25) is 9.59 Å². The molecular formula is C8H10K2O5+2. The van der Waals surface area contributed by atoms with Gasteiger partial charge in [0.05, 0.1) is 24.0 Å². The molecule has 2 N–H and O–H groups in total. The van der Waals surface area contributed by atoms with E-state index in [1.165, 1.54) is 0 Å². The van der Waals surface area contributed by atoms with Crippen molar-refractivity contribution in [3.63, 3.8) is 0 Å². The Hall–Kier alpha value is 2.17. The largest absolute Gasteiger partial charge is 1.00 e. The summed E-state index contributed by atoms with van der Waals surface area (Å²) in [5, 5.41) is 17.6. The van der Waals surface area contributed by atoms with Gasteiger partial charge in [0.2, 0.25) is 0 Å². The average molecular weight is 264 g/mol. The van der Waals surface area contributed by atoms with Gasteiger partial charge in [0.15, 0.2) is 0 Å². The second-order valence-corrected chi connectivity index (χ2v) is 3.52. The van der Waals surface area contributed by atoms with Crippen molar-refractivity contribution < 1.29 is 127 Å². The average Bonchev–Trinajstić information content (AvgIpc) is 2.60. The maximum atomic E-state index is 10.8. The Labute approximate surface area is 172 Å². The molecule has 0 aromatic heterocycles. The first kappa shape index (κ1) is 17.2. The van der Waals surface area contributed by atoms with Crippen LogP contribution in [0, 0.1) is 11.8 Å². The minimum atomic E-state index is -1.06. The Kier molecular flexibility index (Phi) is 7.94. The van der Waals surface area contributed by atoms with E-state index in [1.807, 2.05) is 0 Å². The van der Waals surface area contributed by atoms with Crippen molar-refractivity contribution in [2.45, 2.75) is 25.0 Å². The van der Waals surface area contributed by atoms with Crippen LogP contribution in [0.5, 0.6) is 0 Å². The fourth-order valence-corrected chi connectivity index (χ4v) is 2.31. The van der Waals surface area contributed by atoms with E-state index in [4.69, 9.17) is 14.9 Å². The first-order valence-corrected chi connectivity index (χ1v) is 4.22. The molecule has 2 fully saturated rings. The number of hydrogen-bond acceptors (Lipinski definition) is 3. The van der Waals surface area contributed by atoms with E-state index in [2.05, 4.69) is 0 Å². The van der Waals surface area contributed by atoms with E-state index in [0.717, 1.165) is 0 Å². The van der Waals surface area contributed by atoms with Crippen LogP contribution in [-0.2, 0) is 14.3 Å². The summed E-state index contributed by atoms with van der Waals surface area (Å²) in [5.74, 6) is -3.81. The number of ether oxygens (including phenoxy) is 1. The quantitative estimate of drug-likeness (QED) is 0.485. The first-order valence-electron chi connectivity index (χ1n) is 4.22. The molecule has 2 bridgehead atoms. The van der Waals surface area contributed by atoms with Crippen molar-refractivity contribution in [3.8, 4) is 0 Å². The maximum Gasteiger partial charge on any atom is 1.00 e. The molecular weight excluding hydrogens is 254 g/mol. The van der Waals surface area contributed by atoms with Crippen LogP contribution in [0.4, 0.5) is 0 Å². The van der Waals surface area contributed by atoms with Gasteiger partial charge in [-0.15, -0.1) is 0 Å².